The van der Waals surface area contributed by atoms with Crippen molar-refractivity contribution >= 4 is 18.1 Å². The number of aliphatic carboxylic acids is 1. The number of fused-ring (bicyclic) bond motifs is 3. The Labute approximate surface area is 197 Å². The van der Waals surface area contributed by atoms with Gasteiger partial charge in [0.25, 0.3) is 0 Å². The van der Waals surface area contributed by atoms with E-state index in [1.165, 1.54) is 6.08 Å². The molecule has 0 spiro atoms. The van der Waals surface area contributed by atoms with Gasteiger partial charge < -0.3 is 25.4 Å². The van der Waals surface area contributed by atoms with Gasteiger partial charge in [-0.1, -0.05) is 72.8 Å². The van der Waals surface area contributed by atoms with Gasteiger partial charge in [-0.05, 0) is 39.5 Å². The molecule has 0 radical (unpaired) electrons. The van der Waals surface area contributed by atoms with Crippen molar-refractivity contribution in [2.45, 2.75) is 18.1 Å². The fourth-order valence-corrected chi connectivity index (χ4v) is 4.14. The van der Waals surface area contributed by atoms with Gasteiger partial charge in [0, 0.05) is 18.5 Å². The highest BCUT2D eigenvalue weighted by atomic mass is 16.5. The van der Waals surface area contributed by atoms with Gasteiger partial charge in [-0.15, -0.1) is 0 Å². The lowest BCUT2D eigenvalue weighted by Gasteiger charge is -2.19. The molecule has 0 aliphatic heterocycles. The maximum Gasteiger partial charge on any atom is 0.407 e. The van der Waals surface area contributed by atoms with Crippen molar-refractivity contribution in [3.8, 4) is 11.1 Å². The molecule has 2 unspecified atom stereocenters. The van der Waals surface area contributed by atoms with Gasteiger partial charge >= 0.3 is 12.1 Å². The first-order valence-electron chi connectivity index (χ1n) is 10.9. The minimum Gasteiger partial charge on any atom is -0.478 e. The van der Waals surface area contributed by atoms with E-state index in [4.69, 9.17) is 9.84 Å². The summed E-state index contributed by atoms with van der Waals surface area (Å²) < 4.78 is 5.44. The van der Waals surface area contributed by atoms with Crippen molar-refractivity contribution in [3.05, 3.63) is 101 Å². The maximum absolute atomic E-state index is 12.3. The second kappa shape index (κ2) is 10.3. The number of carboxylic acids is 1. The number of amides is 1. The summed E-state index contributed by atoms with van der Waals surface area (Å²) in [6.45, 7) is -0.0393. The van der Waals surface area contributed by atoms with E-state index in [9.17, 15) is 19.8 Å². The first-order chi connectivity index (χ1) is 16.4. The van der Waals surface area contributed by atoms with Crippen LogP contribution in [-0.4, -0.2) is 46.6 Å². The number of aliphatic hydroxyl groups excluding tert-OH is 2. The molecule has 1 aliphatic rings. The summed E-state index contributed by atoms with van der Waals surface area (Å²) in [6, 6.07) is 22.5. The molecule has 0 heterocycles. The Hall–Kier alpha value is -3.94. The van der Waals surface area contributed by atoms with E-state index in [0.29, 0.717) is 11.1 Å². The molecule has 174 valence electrons. The second-order valence-electron chi connectivity index (χ2n) is 8.06. The van der Waals surface area contributed by atoms with Crippen LogP contribution < -0.4 is 5.32 Å². The van der Waals surface area contributed by atoms with Crippen LogP contribution in [0.2, 0.25) is 0 Å². The minimum absolute atomic E-state index is 0.0673. The molecule has 2 atom stereocenters. The lowest BCUT2D eigenvalue weighted by atomic mass is 9.98. The number of ether oxygens (including phenoxy) is 1. The number of aliphatic hydroxyl groups is 2. The molecule has 1 amide bonds. The van der Waals surface area contributed by atoms with E-state index < -0.39 is 24.3 Å². The monoisotopic (exact) mass is 459 g/mol. The van der Waals surface area contributed by atoms with Gasteiger partial charge in [0.15, 0.2) is 0 Å². The zero-order valence-electron chi connectivity index (χ0n) is 18.3. The van der Waals surface area contributed by atoms with Gasteiger partial charge in [0.2, 0.25) is 0 Å². The van der Waals surface area contributed by atoms with E-state index in [1.54, 1.807) is 24.3 Å². The Bertz CT molecular complexity index is 1160. The summed E-state index contributed by atoms with van der Waals surface area (Å²) in [5.74, 6) is -1.12. The van der Waals surface area contributed by atoms with Crippen molar-refractivity contribution in [1.82, 2.24) is 5.32 Å². The van der Waals surface area contributed by atoms with Crippen molar-refractivity contribution < 1.29 is 29.6 Å². The highest BCUT2D eigenvalue weighted by molar-refractivity contribution is 5.85. The van der Waals surface area contributed by atoms with Gasteiger partial charge in [-0.25, -0.2) is 9.59 Å². The van der Waals surface area contributed by atoms with Crippen LogP contribution in [0.1, 0.15) is 34.3 Å². The molecule has 0 fully saturated rings. The molecule has 34 heavy (non-hydrogen) atoms. The third-order valence-electron chi connectivity index (χ3n) is 5.86. The van der Waals surface area contributed by atoms with Gasteiger partial charge in [0.05, 0.1) is 0 Å². The molecule has 4 rings (SSSR count). The third-order valence-corrected chi connectivity index (χ3v) is 5.86. The molecular formula is C27H25NO6. The molecular weight excluding hydrogens is 434 g/mol. The first kappa shape index (κ1) is 23.2. The fourth-order valence-electron chi connectivity index (χ4n) is 4.14. The molecule has 0 aromatic heterocycles. The number of carbonyl (C=O) groups is 2. The molecule has 7 heteroatoms. The number of carboxylic acid groups (broad SMARTS) is 1. The Morgan fingerprint density at radius 2 is 1.50 bits per heavy atom. The lowest BCUT2D eigenvalue weighted by molar-refractivity contribution is -0.131. The molecule has 0 saturated carbocycles. The van der Waals surface area contributed by atoms with Crippen molar-refractivity contribution in [3.63, 3.8) is 0 Å². The molecule has 0 bridgehead atoms. The van der Waals surface area contributed by atoms with Crippen LogP contribution in [-0.2, 0) is 9.53 Å². The predicted molar refractivity (Wildman–Crippen MR) is 127 cm³/mol. The third kappa shape index (κ3) is 5.17. The normalized spacial score (nSPS) is 14.3. The van der Waals surface area contributed by atoms with Crippen LogP contribution in [0.5, 0.6) is 0 Å². The number of rotatable bonds is 8. The molecule has 4 N–H and O–H groups in total. The first-order valence-corrected chi connectivity index (χ1v) is 10.9. The number of alkyl carbamates (subject to hydrolysis) is 1. The van der Waals surface area contributed by atoms with Crippen LogP contribution in [0.15, 0.2) is 78.9 Å². The number of hydrogen-bond acceptors (Lipinski definition) is 5. The lowest BCUT2D eigenvalue weighted by Crippen LogP contribution is -2.36. The van der Waals surface area contributed by atoms with Gasteiger partial charge in [0.1, 0.15) is 18.8 Å². The summed E-state index contributed by atoms with van der Waals surface area (Å²) >= 11 is 0. The Morgan fingerprint density at radius 1 is 0.912 bits per heavy atom. The van der Waals surface area contributed by atoms with Crippen LogP contribution in [0.4, 0.5) is 4.79 Å². The zero-order valence-corrected chi connectivity index (χ0v) is 18.3. The molecule has 0 saturated heterocycles. The van der Waals surface area contributed by atoms with E-state index >= 15 is 0 Å². The summed E-state index contributed by atoms with van der Waals surface area (Å²) in [4.78, 5) is 22.9. The maximum atomic E-state index is 12.3. The fraction of sp³-hybridized carbons (Fsp3) is 0.185. The zero-order chi connectivity index (χ0) is 24.1. The topological polar surface area (TPSA) is 116 Å². The van der Waals surface area contributed by atoms with Crippen LogP contribution in [0.25, 0.3) is 17.2 Å². The van der Waals surface area contributed by atoms with Crippen LogP contribution in [0.3, 0.4) is 0 Å². The Morgan fingerprint density at radius 3 is 2.09 bits per heavy atom. The van der Waals surface area contributed by atoms with E-state index in [0.717, 1.165) is 28.3 Å². The molecule has 7 nitrogen and oxygen atoms in total. The summed E-state index contributed by atoms with van der Waals surface area (Å²) in [5.41, 5.74) is 5.56. The van der Waals surface area contributed by atoms with E-state index in [2.05, 4.69) is 17.4 Å². The SMILES string of the molecule is O=C(O)/C=C/c1ccc(C(O)C(O)CNC(=O)OCC2c3ccccc3-c3ccccc32)cc1. The largest absolute Gasteiger partial charge is 0.478 e. The second-order valence-corrected chi connectivity index (χ2v) is 8.06. The highest BCUT2D eigenvalue weighted by Gasteiger charge is 2.29. The number of hydrogen-bond donors (Lipinski definition) is 4. The number of benzene rings is 3. The van der Waals surface area contributed by atoms with Crippen LogP contribution in [0, 0.1) is 0 Å². The standard InChI is InChI=1S/C27H25NO6/c29-24(26(32)18-12-9-17(10-13-18)11-14-25(30)31)15-28-27(33)34-16-23-21-7-3-1-5-19(21)20-6-2-4-8-22(20)23/h1-14,23-24,26,29,32H,15-16H2,(H,28,33)(H,30,31)/b14-11+. The Balaban J connectivity index is 1.30. The van der Waals surface area contributed by atoms with Crippen molar-refractivity contribution in [2.75, 3.05) is 13.2 Å². The number of nitrogens with one attached hydrogen (secondary N) is 1. The van der Waals surface area contributed by atoms with Crippen molar-refractivity contribution in [1.29, 1.82) is 0 Å². The number of carbonyl (C=O) groups excluding carboxylic acids is 1. The van der Waals surface area contributed by atoms with E-state index in [1.807, 2.05) is 36.4 Å². The Kier molecular flexibility index (Phi) is 7.06. The highest BCUT2D eigenvalue weighted by Crippen LogP contribution is 2.44. The predicted octanol–water partition coefficient (Wildman–Crippen LogP) is 3.72. The minimum atomic E-state index is -1.25. The van der Waals surface area contributed by atoms with E-state index in [-0.39, 0.29) is 19.1 Å². The molecule has 3 aromatic carbocycles. The summed E-state index contributed by atoms with van der Waals surface area (Å²) in [5, 5.41) is 31.8. The average Bonchev–Trinajstić information content (AvgIpc) is 3.18. The average molecular weight is 459 g/mol. The quantitative estimate of drug-likeness (QED) is 0.382. The summed E-state index contributed by atoms with van der Waals surface area (Å²) in [6.07, 6.45) is -0.721. The van der Waals surface area contributed by atoms with Crippen molar-refractivity contribution in [2.24, 2.45) is 0 Å². The van der Waals surface area contributed by atoms with Gasteiger partial charge in [-0.2, -0.15) is 0 Å². The molecule has 3 aromatic rings. The summed E-state index contributed by atoms with van der Waals surface area (Å²) in [7, 11) is 0. The molecule has 1 aliphatic carbocycles. The smallest absolute Gasteiger partial charge is 0.407 e. The van der Waals surface area contributed by atoms with Crippen LogP contribution >= 0.6 is 0 Å². The van der Waals surface area contributed by atoms with Gasteiger partial charge in [-0.3, -0.25) is 0 Å².